The Morgan fingerprint density at radius 3 is 2.41 bits per heavy atom. The minimum absolute atomic E-state index is 0. The van der Waals surface area contributed by atoms with E-state index in [9.17, 15) is 18.0 Å². The number of carboxylic acids is 1. The summed E-state index contributed by atoms with van der Waals surface area (Å²) in [5.74, 6) is -1.72. The van der Waals surface area contributed by atoms with Crippen LogP contribution in [0.4, 0.5) is 13.2 Å². The van der Waals surface area contributed by atoms with Crippen molar-refractivity contribution in [2.24, 2.45) is 0 Å². The van der Waals surface area contributed by atoms with Gasteiger partial charge in [-0.05, 0) is 42.7 Å². The number of carbonyl (C=O) groups is 1. The van der Waals surface area contributed by atoms with Gasteiger partial charge in [-0.25, -0.2) is 4.79 Å². The number of hydrogen-bond acceptors (Lipinski definition) is 2. The molecular formula is C19H15ClF3NaO3. The van der Waals surface area contributed by atoms with Crippen LogP contribution in [0.5, 0.6) is 5.75 Å². The van der Waals surface area contributed by atoms with Crippen molar-refractivity contribution in [1.82, 2.24) is 0 Å². The van der Waals surface area contributed by atoms with E-state index in [1.54, 1.807) is 0 Å². The van der Waals surface area contributed by atoms with Gasteiger partial charge in [-0.15, -0.1) is 0 Å². The number of ether oxygens (including phenoxy) is 1. The van der Waals surface area contributed by atoms with Gasteiger partial charge in [-0.2, -0.15) is 13.2 Å². The third kappa shape index (κ3) is 4.88. The summed E-state index contributed by atoms with van der Waals surface area (Å²) in [6, 6.07) is 10.5. The maximum absolute atomic E-state index is 13.2. The number of carboxylic acid groups (broad SMARTS) is 1. The van der Waals surface area contributed by atoms with Crippen molar-refractivity contribution in [2.45, 2.75) is 25.6 Å². The monoisotopic (exact) mass is 406 g/mol. The topological polar surface area (TPSA) is 46.5 Å². The molecule has 1 heterocycles. The van der Waals surface area contributed by atoms with E-state index in [1.165, 1.54) is 12.1 Å². The molecule has 2 aromatic carbocycles. The van der Waals surface area contributed by atoms with Crippen LogP contribution in [0.1, 0.15) is 22.3 Å². The molecule has 3 rings (SSSR count). The minimum atomic E-state index is -4.83. The van der Waals surface area contributed by atoms with Gasteiger partial charge in [0.05, 0.1) is 5.57 Å². The summed E-state index contributed by atoms with van der Waals surface area (Å²) in [6.45, 7) is 1.95. The molecule has 27 heavy (non-hydrogen) atoms. The van der Waals surface area contributed by atoms with Gasteiger partial charge in [0.1, 0.15) is 5.75 Å². The van der Waals surface area contributed by atoms with Crippen LogP contribution in [0.3, 0.4) is 0 Å². The van der Waals surface area contributed by atoms with Crippen molar-refractivity contribution in [3.63, 3.8) is 0 Å². The third-order valence-corrected chi connectivity index (χ3v) is 4.43. The zero-order chi connectivity index (χ0) is 19.1. The summed E-state index contributed by atoms with van der Waals surface area (Å²) < 4.78 is 44.5. The average molecular weight is 407 g/mol. The zero-order valence-corrected chi connectivity index (χ0v) is 14.4. The number of hydrogen-bond donors (Lipinski definition) is 1. The second kappa shape index (κ2) is 8.27. The molecule has 1 aliphatic heterocycles. The SMILES string of the molecule is Cc1ccc(Cc2cc3c(cc2Cl)C=C(C(=O)O)[C@H](C(F)(F)F)O3)cc1.[NaH]. The van der Waals surface area contributed by atoms with Gasteiger partial charge in [-0.1, -0.05) is 41.4 Å². The molecule has 1 atom stereocenters. The number of benzene rings is 2. The van der Waals surface area contributed by atoms with Crippen LogP contribution >= 0.6 is 11.6 Å². The second-order valence-corrected chi connectivity index (χ2v) is 6.50. The van der Waals surface area contributed by atoms with Gasteiger partial charge >= 0.3 is 41.7 Å². The van der Waals surface area contributed by atoms with Crippen LogP contribution in [0, 0.1) is 6.92 Å². The van der Waals surface area contributed by atoms with Gasteiger partial charge in [0, 0.05) is 10.6 Å². The molecule has 8 heteroatoms. The molecule has 3 nitrogen and oxygen atoms in total. The van der Waals surface area contributed by atoms with Crippen molar-refractivity contribution in [2.75, 3.05) is 0 Å². The molecule has 0 bridgehead atoms. The molecule has 1 aliphatic rings. The van der Waals surface area contributed by atoms with E-state index in [0.717, 1.165) is 17.2 Å². The van der Waals surface area contributed by atoms with Crippen LogP contribution in [0.15, 0.2) is 42.0 Å². The van der Waals surface area contributed by atoms with E-state index < -0.39 is 23.8 Å². The van der Waals surface area contributed by atoms with Crippen molar-refractivity contribution in [3.8, 4) is 5.75 Å². The molecular weight excluding hydrogens is 392 g/mol. The molecule has 0 unspecified atom stereocenters. The summed E-state index contributed by atoms with van der Waals surface area (Å²) in [5.41, 5.74) is 1.98. The van der Waals surface area contributed by atoms with E-state index in [2.05, 4.69) is 0 Å². The maximum atomic E-state index is 13.2. The molecule has 0 aromatic heterocycles. The van der Waals surface area contributed by atoms with E-state index in [1.807, 2.05) is 31.2 Å². The first-order valence-electron chi connectivity index (χ1n) is 7.71. The normalized spacial score (nSPS) is 15.9. The van der Waals surface area contributed by atoms with Crippen LogP contribution in [-0.2, 0) is 11.2 Å². The summed E-state index contributed by atoms with van der Waals surface area (Å²) in [7, 11) is 0. The second-order valence-electron chi connectivity index (χ2n) is 6.09. The van der Waals surface area contributed by atoms with Crippen molar-refractivity contribution < 1.29 is 27.8 Å². The predicted octanol–water partition coefficient (Wildman–Crippen LogP) is 4.38. The fourth-order valence-electron chi connectivity index (χ4n) is 2.74. The Hall–Kier alpha value is -1.47. The van der Waals surface area contributed by atoms with Crippen LogP contribution in [0.25, 0.3) is 6.08 Å². The fourth-order valence-corrected chi connectivity index (χ4v) is 2.98. The quantitative estimate of drug-likeness (QED) is 0.769. The number of fused-ring (bicyclic) bond motifs is 1. The van der Waals surface area contributed by atoms with Gasteiger partial charge in [0.2, 0.25) is 6.10 Å². The first kappa shape index (κ1) is 21.8. The molecule has 1 N–H and O–H groups in total. The average Bonchev–Trinajstić information content (AvgIpc) is 2.55. The fraction of sp³-hybridized carbons (Fsp3) is 0.211. The number of aliphatic carboxylic acids is 1. The molecule has 0 spiro atoms. The first-order valence-corrected chi connectivity index (χ1v) is 8.09. The Labute approximate surface area is 181 Å². The molecule has 0 saturated heterocycles. The first-order chi connectivity index (χ1) is 12.1. The van der Waals surface area contributed by atoms with Crippen molar-refractivity contribution in [1.29, 1.82) is 0 Å². The molecule has 0 aliphatic carbocycles. The Morgan fingerprint density at radius 2 is 1.85 bits per heavy atom. The van der Waals surface area contributed by atoms with E-state index in [4.69, 9.17) is 21.4 Å². The van der Waals surface area contributed by atoms with Gasteiger partial charge in [0.15, 0.2) is 0 Å². The Morgan fingerprint density at radius 1 is 1.22 bits per heavy atom. The summed E-state index contributed by atoms with van der Waals surface area (Å²) >= 11 is 6.24. The zero-order valence-electron chi connectivity index (χ0n) is 13.6. The number of halogens is 4. The predicted molar refractivity (Wildman–Crippen MR) is 98.7 cm³/mol. The molecule has 0 radical (unpaired) electrons. The Bertz CT molecular complexity index is 892. The molecule has 0 saturated carbocycles. The van der Waals surface area contributed by atoms with Crippen molar-refractivity contribution in [3.05, 3.63) is 69.2 Å². The van der Waals surface area contributed by atoms with Crippen molar-refractivity contribution >= 4 is 53.2 Å². The molecule has 138 valence electrons. The molecule has 0 amide bonds. The number of aryl methyl sites for hydroxylation is 1. The number of rotatable bonds is 3. The van der Waals surface area contributed by atoms with Gasteiger partial charge < -0.3 is 9.84 Å². The van der Waals surface area contributed by atoms with E-state index >= 15 is 0 Å². The van der Waals surface area contributed by atoms with E-state index in [-0.39, 0.29) is 40.9 Å². The summed E-state index contributed by atoms with van der Waals surface area (Å²) in [4.78, 5) is 11.2. The molecule has 2 aromatic rings. The van der Waals surface area contributed by atoms with Crippen LogP contribution in [0.2, 0.25) is 5.02 Å². The Balaban J connectivity index is 0.00000261. The summed E-state index contributed by atoms with van der Waals surface area (Å²) in [5, 5.41) is 9.39. The van der Waals surface area contributed by atoms with Gasteiger partial charge in [-0.3, -0.25) is 0 Å². The number of alkyl halides is 3. The van der Waals surface area contributed by atoms with Crippen LogP contribution in [-0.4, -0.2) is 52.9 Å². The van der Waals surface area contributed by atoms with E-state index in [0.29, 0.717) is 17.0 Å². The van der Waals surface area contributed by atoms with Gasteiger partial charge in [0.25, 0.3) is 0 Å². The van der Waals surface area contributed by atoms with Crippen LogP contribution < -0.4 is 4.74 Å². The Kier molecular flexibility index (Phi) is 6.68. The molecule has 0 fully saturated rings. The third-order valence-electron chi connectivity index (χ3n) is 4.08. The standard InChI is InChI=1S/C19H14ClF3O3.Na.H/c1-10-2-4-11(5-3-10)6-12-9-16-13(8-15(12)20)7-14(18(24)25)17(26-16)19(21,22)23;;/h2-5,7-9,17H,6H2,1H3,(H,24,25);;/t17-;;/m1../s1. The summed E-state index contributed by atoms with van der Waals surface area (Å²) in [6.07, 6.45) is -5.97.